The van der Waals surface area contributed by atoms with Crippen molar-refractivity contribution in [1.29, 1.82) is 0 Å². The van der Waals surface area contributed by atoms with Gasteiger partial charge in [0.2, 0.25) is 0 Å². The van der Waals surface area contributed by atoms with Crippen molar-refractivity contribution in [3.63, 3.8) is 0 Å². The molecule has 0 radical (unpaired) electrons. The lowest BCUT2D eigenvalue weighted by molar-refractivity contribution is 0.218. The molecule has 128 valence electrons. The topological polar surface area (TPSA) is 51.5 Å². The Kier molecular flexibility index (Phi) is 4.53. The molecule has 1 aliphatic heterocycles. The van der Waals surface area contributed by atoms with Gasteiger partial charge in [-0.1, -0.05) is 30.3 Å². The van der Waals surface area contributed by atoms with E-state index in [1.807, 2.05) is 42.5 Å². The molecule has 1 saturated heterocycles. The van der Waals surface area contributed by atoms with Gasteiger partial charge in [-0.3, -0.25) is 4.79 Å². The van der Waals surface area contributed by atoms with E-state index >= 15 is 0 Å². The molecule has 0 amide bonds. The Morgan fingerprint density at radius 1 is 1.16 bits per heavy atom. The SMILES string of the molecule is O=c1c(-c2ccccc2)coc2cc(OCC3CCCNC3)ccc12. The highest BCUT2D eigenvalue weighted by Gasteiger charge is 2.14. The minimum atomic E-state index is -0.0181. The molecule has 0 spiro atoms. The van der Waals surface area contributed by atoms with Gasteiger partial charge in [-0.15, -0.1) is 0 Å². The molecule has 1 fully saturated rings. The third-order valence-corrected chi connectivity index (χ3v) is 4.72. The zero-order valence-corrected chi connectivity index (χ0v) is 14.0. The first kappa shape index (κ1) is 15.9. The van der Waals surface area contributed by atoms with Crippen LogP contribution in [-0.2, 0) is 0 Å². The minimum absolute atomic E-state index is 0.0181. The fourth-order valence-corrected chi connectivity index (χ4v) is 3.30. The summed E-state index contributed by atoms with van der Waals surface area (Å²) in [4.78, 5) is 12.7. The predicted octanol–water partition coefficient (Wildman–Crippen LogP) is 3.84. The third-order valence-electron chi connectivity index (χ3n) is 4.72. The summed E-state index contributed by atoms with van der Waals surface area (Å²) < 4.78 is 11.6. The molecule has 3 aromatic rings. The summed E-state index contributed by atoms with van der Waals surface area (Å²) in [5, 5.41) is 3.97. The number of fused-ring (bicyclic) bond motifs is 1. The first-order valence-electron chi connectivity index (χ1n) is 8.76. The average molecular weight is 335 g/mol. The maximum atomic E-state index is 12.7. The van der Waals surface area contributed by atoms with E-state index in [0.717, 1.165) is 24.4 Å². The molecule has 0 saturated carbocycles. The Hall–Kier alpha value is -2.59. The number of piperidine rings is 1. The van der Waals surface area contributed by atoms with Crippen LogP contribution in [0.15, 0.2) is 64.0 Å². The maximum Gasteiger partial charge on any atom is 0.200 e. The van der Waals surface area contributed by atoms with Crippen molar-refractivity contribution in [2.24, 2.45) is 5.92 Å². The number of ether oxygens (including phenoxy) is 1. The first-order chi connectivity index (χ1) is 12.3. The molecule has 2 aromatic carbocycles. The van der Waals surface area contributed by atoms with E-state index < -0.39 is 0 Å². The molecule has 25 heavy (non-hydrogen) atoms. The molecule has 1 unspecified atom stereocenters. The second-order valence-electron chi connectivity index (χ2n) is 6.53. The van der Waals surface area contributed by atoms with Crippen molar-refractivity contribution >= 4 is 11.0 Å². The Balaban J connectivity index is 1.58. The molecule has 1 aliphatic rings. The van der Waals surface area contributed by atoms with Crippen molar-refractivity contribution in [3.05, 3.63) is 65.0 Å². The van der Waals surface area contributed by atoms with Crippen LogP contribution in [-0.4, -0.2) is 19.7 Å². The van der Waals surface area contributed by atoms with Gasteiger partial charge in [-0.2, -0.15) is 0 Å². The molecule has 1 aromatic heterocycles. The minimum Gasteiger partial charge on any atom is -0.493 e. The number of nitrogens with one attached hydrogen (secondary N) is 1. The van der Waals surface area contributed by atoms with Gasteiger partial charge in [0.05, 0.1) is 17.6 Å². The predicted molar refractivity (Wildman–Crippen MR) is 99.0 cm³/mol. The Labute approximate surface area is 146 Å². The fraction of sp³-hybridized carbons (Fsp3) is 0.286. The second-order valence-corrected chi connectivity index (χ2v) is 6.53. The zero-order chi connectivity index (χ0) is 17.1. The molecule has 4 rings (SSSR count). The van der Waals surface area contributed by atoms with Crippen LogP contribution in [0, 0.1) is 5.92 Å². The molecule has 1 atom stereocenters. The quantitative estimate of drug-likeness (QED) is 0.787. The molecule has 0 bridgehead atoms. The highest BCUT2D eigenvalue weighted by atomic mass is 16.5. The van der Waals surface area contributed by atoms with Gasteiger partial charge in [0, 0.05) is 18.5 Å². The molecular formula is C21H21NO3. The van der Waals surface area contributed by atoms with Gasteiger partial charge in [-0.25, -0.2) is 0 Å². The summed E-state index contributed by atoms with van der Waals surface area (Å²) in [6, 6.07) is 15.0. The van der Waals surface area contributed by atoms with Crippen molar-refractivity contribution in [2.45, 2.75) is 12.8 Å². The van der Waals surface area contributed by atoms with E-state index in [-0.39, 0.29) is 5.43 Å². The summed E-state index contributed by atoms with van der Waals surface area (Å²) >= 11 is 0. The summed E-state index contributed by atoms with van der Waals surface area (Å²) in [6.45, 7) is 2.79. The van der Waals surface area contributed by atoms with Gasteiger partial charge in [0.1, 0.15) is 17.6 Å². The van der Waals surface area contributed by atoms with Crippen molar-refractivity contribution in [2.75, 3.05) is 19.7 Å². The number of hydrogen-bond donors (Lipinski definition) is 1. The summed E-state index contributed by atoms with van der Waals surface area (Å²) in [5.74, 6) is 1.28. The maximum absolute atomic E-state index is 12.7. The van der Waals surface area contributed by atoms with E-state index in [0.29, 0.717) is 29.1 Å². The molecule has 2 heterocycles. The van der Waals surface area contributed by atoms with Crippen LogP contribution in [0.3, 0.4) is 0 Å². The van der Waals surface area contributed by atoms with Crippen molar-refractivity contribution in [1.82, 2.24) is 5.32 Å². The Morgan fingerprint density at radius 3 is 2.84 bits per heavy atom. The van der Waals surface area contributed by atoms with E-state index in [1.54, 1.807) is 6.07 Å². The van der Waals surface area contributed by atoms with Gasteiger partial charge >= 0.3 is 0 Å². The van der Waals surface area contributed by atoms with Gasteiger partial charge in [0.25, 0.3) is 0 Å². The number of hydrogen-bond acceptors (Lipinski definition) is 4. The molecule has 0 aliphatic carbocycles. The second kappa shape index (κ2) is 7.11. The van der Waals surface area contributed by atoms with Crippen LogP contribution in [0.5, 0.6) is 5.75 Å². The number of rotatable bonds is 4. The van der Waals surface area contributed by atoms with Gasteiger partial charge < -0.3 is 14.5 Å². The molecule has 4 nitrogen and oxygen atoms in total. The highest BCUT2D eigenvalue weighted by molar-refractivity contribution is 5.82. The standard InChI is InChI=1S/C21H21NO3/c23-21-18-9-8-17(24-13-15-5-4-10-22-12-15)11-20(18)25-14-19(21)16-6-2-1-3-7-16/h1-3,6-9,11,14-15,22H,4-5,10,12-13H2. The summed E-state index contributed by atoms with van der Waals surface area (Å²) in [6.07, 6.45) is 3.92. The monoisotopic (exact) mass is 335 g/mol. The van der Waals surface area contributed by atoms with E-state index in [2.05, 4.69) is 5.32 Å². The van der Waals surface area contributed by atoms with Crippen LogP contribution >= 0.6 is 0 Å². The number of benzene rings is 2. The average Bonchev–Trinajstić information content (AvgIpc) is 2.68. The van der Waals surface area contributed by atoms with Crippen LogP contribution < -0.4 is 15.5 Å². The summed E-state index contributed by atoms with van der Waals surface area (Å²) in [5.41, 5.74) is 1.98. The van der Waals surface area contributed by atoms with Gasteiger partial charge in [-0.05, 0) is 37.1 Å². The molecule has 4 heteroatoms. The smallest absolute Gasteiger partial charge is 0.200 e. The van der Waals surface area contributed by atoms with Crippen LogP contribution in [0.1, 0.15) is 12.8 Å². The Bertz CT molecular complexity index is 911. The molecular weight excluding hydrogens is 314 g/mol. The van der Waals surface area contributed by atoms with E-state index in [9.17, 15) is 4.79 Å². The fourth-order valence-electron chi connectivity index (χ4n) is 3.30. The zero-order valence-electron chi connectivity index (χ0n) is 14.0. The van der Waals surface area contributed by atoms with Crippen LogP contribution in [0.25, 0.3) is 22.1 Å². The first-order valence-corrected chi connectivity index (χ1v) is 8.76. The van der Waals surface area contributed by atoms with Crippen LogP contribution in [0.2, 0.25) is 0 Å². The van der Waals surface area contributed by atoms with Crippen molar-refractivity contribution in [3.8, 4) is 16.9 Å². The summed E-state index contributed by atoms with van der Waals surface area (Å²) in [7, 11) is 0. The lowest BCUT2D eigenvalue weighted by Gasteiger charge is -2.22. The lowest BCUT2D eigenvalue weighted by Crippen LogP contribution is -2.33. The highest BCUT2D eigenvalue weighted by Crippen LogP contribution is 2.23. The lowest BCUT2D eigenvalue weighted by atomic mass is 10.0. The molecule has 1 N–H and O–H groups in total. The Morgan fingerprint density at radius 2 is 2.04 bits per heavy atom. The van der Waals surface area contributed by atoms with E-state index in [4.69, 9.17) is 9.15 Å². The van der Waals surface area contributed by atoms with E-state index in [1.165, 1.54) is 19.1 Å². The third kappa shape index (κ3) is 3.44. The van der Waals surface area contributed by atoms with Gasteiger partial charge in [0.15, 0.2) is 5.43 Å². The normalized spacial score (nSPS) is 17.5. The largest absolute Gasteiger partial charge is 0.493 e. The van der Waals surface area contributed by atoms with Crippen LogP contribution in [0.4, 0.5) is 0 Å². The van der Waals surface area contributed by atoms with Crippen molar-refractivity contribution < 1.29 is 9.15 Å².